The maximum Gasteiger partial charge on any atom is 0.339 e. The molecule has 3 aliphatic carbocycles. The number of carboxylic acids is 1. The Morgan fingerprint density at radius 2 is 1.38 bits per heavy atom. The lowest BCUT2D eigenvalue weighted by atomic mass is 9.78. The summed E-state index contributed by atoms with van der Waals surface area (Å²) in [6.45, 7) is 8.04. The highest BCUT2D eigenvalue weighted by Crippen LogP contribution is 2.41. The van der Waals surface area contributed by atoms with Crippen LogP contribution in [0.4, 0.5) is 0 Å². The Kier molecular flexibility index (Phi) is 15.0. The van der Waals surface area contributed by atoms with Crippen molar-refractivity contribution < 1.29 is 38.5 Å². The maximum absolute atomic E-state index is 13.3. The molecule has 0 amide bonds. The van der Waals surface area contributed by atoms with Crippen molar-refractivity contribution in [3.05, 3.63) is 41.5 Å². The fourth-order valence-electron chi connectivity index (χ4n) is 8.38. The molecule has 0 bridgehead atoms. The number of aromatic carboxylic acids is 1. The molecule has 0 saturated heterocycles. The summed E-state index contributed by atoms with van der Waals surface area (Å²) in [6.07, 6.45) is 18.0. The maximum atomic E-state index is 13.3. The molecule has 4 rings (SSSR count). The molecule has 1 aromatic rings. The molecule has 48 heavy (non-hydrogen) atoms. The van der Waals surface area contributed by atoms with Gasteiger partial charge in [0.05, 0.1) is 18.4 Å². The number of hydrogen-bond donors (Lipinski definition) is 1. The van der Waals surface area contributed by atoms with Crippen LogP contribution in [0.5, 0.6) is 5.75 Å². The van der Waals surface area contributed by atoms with Gasteiger partial charge in [-0.15, -0.1) is 0 Å². The average molecular weight is 667 g/mol. The van der Waals surface area contributed by atoms with Crippen LogP contribution in [0.1, 0.15) is 157 Å². The van der Waals surface area contributed by atoms with Gasteiger partial charge in [0.25, 0.3) is 0 Å². The number of benzene rings is 1. The summed E-state index contributed by atoms with van der Waals surface area (Å²) in [7, 11) is 0. The van der Waals surface area contributed by atoms with E-state index in [0.717, 1.165) is 101 Å². The number of ether oxygens (including phenoxy) is 3. The first kappa shape index (κ1) is 37.7. The van der Waals surface area contributed by atoms with Crippen molar-refractivity contribution in [3.8, 4) is 5.75 Å². The van der Waals surface area contributed by atoms with Crippen LogP contribution in [-0.4, -0.2) is 41.7 Å². The lowest BCUT2D eigenvalue weighted by Gasteiger charge is -2.32. The first-order valence-corrected chi connectivity index (χ1v) is 18.8. The van der Waals surface area contributed by atoms with Crippen molar-refractivity contribution in [2.24, 2.45) is 23.7 Å². The van der Waals surface area contributed by atoms with Gasteiger partial charge in [-0.2, -0.15) is 0 Å². The third kappa shape index (κ3) is 10.7. The second kappa shape index (κ2) is 19.1. The molecule has 0 spiro atoms. The summed E-state index contributed by atoms with van der Waals surface area (Å²) in [5.41, 5.74) is 1.68. The second-order valence-electron chi connectivity index (χ2n) is 14.5. The Morgan fingerprint density at radius 3 is 1.92 bits per heavy atom. The van der Waals surface area contributed by atoms with Crippen LogP contribution < -0.4 is 4.74 Å². The molecular formula is C40H58O8. The molecule has 1 aromatic carbocycles. The average Bonchev–Trinajstić information content (AvgIpc) is 3.09. The zero-order valence-electron chi connectivity index (χ0n) is 29.4. The summed E-state index contributed by atoms with van der Waals surface area (Å²) in [5, 5.41) is 10.5. The summed E-state index contributed by atoms with van der Waals surface area (Å²) < 4.78 is 17.0. The fraction of sp³-hybridized carbons (Fsp3) is 0.700. The van der Waals surface area contributed by atoms with Gasteiger partial charge in [-0.3, -0.25) is 9.59 Å². The first-order valence-electron chi connectivity index (χ1n) is 18.8. The van der Waals surface area contributed by atoms with E-state index in [-0.39, 0.29) is 53.7 Å². The number of hydrogen-bond acceptors (Lipinski definition) is 7. The fourth-order valence-corrected chi connectivity index (χ4v) is 8.38. The number of carboxylic acid groups (broad SMARTS) is 1. The Morgan fingerprint density at radius 1 is 0.792 bits per heavy atom. The van der Waals surface area contributed by atoms with E-state index in [1.54, 1.807) is 6.07 Å². The van der Waals surface area contributed by atoms with Crippen molar-refractivity contribution in [3.63, 3.8) is 0 Å². The van der Waals surface area contributed by atoms with Gasteiger partial charge in [0.15, 0.2) is 0 Å². The summed E-state index contributed by atoms with van der Waals surface area (Å²) >= 11 is 0. The van der Waals surface area contributed by atoms with Crippen molar-refractivity contribution in [2.75, 3.05) is 6.61 Å². The van der Waals surface area contributed by atoms with E-state index in [1.165, 1.54) is 19.3 Å². The van der Waals surface area contributed by atoms with E-state index < -0.39 is 11.9 Å². The minimum absolute atomic E-state index is 0.00736. The number of esters is 3. The van der Waals surface area contributed by atoms with Crippen molar-refractivity contribution in [2.45, 2.75) is 148 Å². The van der Waals surface area contributed by atoms with E-state index in [2.05, 4.69) is 20.4 Å². The van der Waals surface area contributed by atoms with Crippen LogP contribution in [0.15, 0.2) is 24.8 Å². The van der Waals surface area contributed by atoms with Crippen LogP contribution in [0.2, 0.25) is 0 Å². The largest absolute Gasteiger partial charge is 0.478 e. The lowest BCUT2D eigenvalue weighted by molar-refractivity contribution is -0.157. The van der Waals surface area contributed by atoms with Crippen LogP contribution in [0, 0.1) is 23.7 Å². The number of carbonyl (C=O) groups is 4. The molecule has 0 heterocycles. The predicted octanol–water partition coefficient (Wildman–Crippen LogP) is 9.12. The predicted molar refractivity (Wildman–Crippen MR) is 185 cm³/mol. The topological polar surface area (TPSA) is 116 Å². The van der Waals surface area contributed by atoms with E-state index >= 15 is 0 Å². The van der Waals surface area contributed by atoms with Gasteiger partial charge < -0.3 is 19.3 Å². The first-order chi connectivity index (χ1) is 23.2. The van der Waals surface area contributed by atoms with Crippen molar-refractivity contribution >= 4 is 23.9 Å². The molecule has 3 aliphatic rings. The van der Waals surface area contributed by atoms with Gasteiger partial charge in [-0.1, -0.05) is 52.2 Å². The molecule has 0 atom stereocenters. The number of carbonyl (C=O) groups excluding carboxylic acids is 3. The van der Waals surface area contributed by atoms with Gasteiger partial charge >= 0.3 is 23.9 Å². The Balaban J connectivity index is 1.43. The van der Waals surface area contributed by atoms with E-state index in [0.29, 0.717) is 30.7 Å². The summed E-state index contributed by atoms with van der Waals surface area (Å²) in [4.78, 5) is 50.6. The zero-order chi connectivity index (χ0) is 34.5. The van der Waals surface area contributed by atoms with Crippen molar-refractivity contribution in [1.82, 2.24) is 0 Å². The van der Waals surface area contributed by atoms with Gasteiger partial charge in [0, 0.05) is 6.08 Å². The minimum Gasteiger partial charge on any atom is -0.478 e. The van der Waals surface area contributed by atoms with Gasteiger partial charge in [-0.05, 0) is 131 Å². The quantitative estimate of drug-likeness (QED) is 0.0804. The van der Waals surface area contributed by atoms with E-state index in [1.807, 2.05) is 6.07 Å². The van der Waals surface area contributed by atoms with Gasteiger partial charge in [-0.25, -0.2) is 9.59 Å². The standard InChI is InChI=1S/C40H58O8/c1-4-9-27-12-16-30(17-13-27)39(44)47-32-22-20-29(21-23-32)33-24-25-35(48-40(45)31-18-14-28(10-5-2)15-19-31)37(38(42)43)34(33)11-7-8-26-46-36(41)6-3/h6,24-25,27-32H,3-5,7-23,26H2,1-2H3,(H,42,43). The zero-order valence-corrected chi connectivity index (χ0v) is 29.4. The van der Waals surface area contributed by atoms with Crippen LogP contribution in [0.3, 0.4) is 0 Å². The SMILES string of the molecule is C=CC(=O)OCCCCc1c(C2CCC(OC(=O)C3CCC(CCC)CC3)CC2)ccc(OC(=O)C2CCC(CCC)CC2)c1C(=O)O. The number of unbranched alkanes of at least 4 members (excludes halogenated alkanes) is 1. The van der Waals surface area contributed by atoms with Crippen LogP contribution in [-0.2, 0) is 30.3 Å². The highest BCUT2D eigenvalue weighted by atomic mass is 16.5. The molecule has 8 nitrogen and oxygen atoms in total. The lowest BCUT2D eigenvalue weighted by Crippen LogP contribution is -2.30. The molecule has 0 aromatic heterocycles. The van der Waals surface area contributed by atoms with Crippen LogP contribution in [0.25, 0.3) is 0 Å². The Hall–Kier alpha value is -3.16. The molecule has 0 radical (unpaired) electrons. The van der Waals surface area contributed by atoms with Gasteiger partial charge in [0.2, 0.25) is 0 Å². The minimum atomic E-state index is -1.12. The molecule has 0 aliphatic heterocycles. The number of rotatable bonds is 16. The summed E-state index contributed by atoms with van der Waals surface area (Å²) in [5.74, 6) is -0.604. The van der Waals surface area contributed by atoms with E-state index in [9.17, 15) is 24.3 Å². The third-order valence-electron chi connectivity index (χ3n) is 11.1. The molecule has 1 N–H and O–H groups in total. The third-order valence-corrected chi connectivity index (χ3v) is 11.1. The molecule has 266 valence electrons. The summed E-state index contributed by atoms with van der Waals surface area (Å²) in [6, 6.07) is 3.60. The molecule has 3 fully saturated rings. The molecule has 0 unspecified atom stereocenters. The monoisotopic (exact) mass is 666 g/mol. The Labute approximate surface area is 287 Å². The molecule has 8 heteroatoms. The normalized spacial score (nSPS) is 25.9. The molecule has 3 saturated carbocycles. The smallest absolute Gasteiger partial charge is 0.339 e. The van der Waals surface area contributed by atoms with Crippen molar-refractivity contribution in [1.29, 1.82) is 0 Å². The van der Waals surface area contributed by atoms with Gasteiger partial charge in [0.1, 0.15) is 17.4 Å². The molecular weight excluding hydrogens is 608 g/mol. The van der Waals surface area contributed by atoms with Crippen LogP contribution >= 0.6 is 0 Å². The highest BCUT2D eigenvalue weighted by molar-refractivity contribution is 5.94. The highest BCUT2D eigenvalue weighted by Gasteiger charge is 2.34. The Bertz CT molecular complexity index is 1230. The second-order valence-corrected chi connectivity index (χ2v) is 14.5. The van der Waals surface area contributed by atoms with E-state index in [4.69, 9.17) is 14.2 Å².